The van der Waals surface area contributed by atoms with E-state index in [1.54, 1.807) is 4.68 Å². The third kappa shape index (κ3) is 2.05. The quantitative estimate of drug-likeness (QED) is 0.864. The fraction of sp³-hybridized carbons (Fsp3) is 0.357. The van der Waals surface area contributed by atoms with Gasteiger partial charge in [0, 0.05) is 11.7 Å². The summed E-state index contributed by atoms with van der Waals surface area (Å²) in [5.74, 6) is 0. The lowest BCUT2D eigenvalue weighted by Crippen LogP contribution is -2.19. The molecule has 3 nitrogen and oxygen atoms in total. The molecule has 0 radical (unpaired) electrons. The van der Waals surface area contributed by atoms with E-state index in [1.165, 1.54) is 0 Å². The minimum absolute atomic E-state index is 0.0723. The smallest absolute Gasteiger partial charge is 0.274 e. The molecule has 1 aromatic carbocycles. The van der Waals surface area contributed by atoms with E-state index in [2.05, 4.69) is 12.0 Å². The highest BCUT2D eigenvalue weighted by molar-refractivity contribution is 5.65. The molecule has 2 rings (SSSR count). The minimum atomic E-state index is 0.0723. The fourth-order valence-corrected chi connectivity index (χ4v) is 2.02. The predicted molar refractivity (Wildman–Crippen MR) is 70.3 cm³/mol. The maximum absolute atomic E-state index is 12.3. The molecule has 0 amide bonds. The van der Waals surface area contributed by atoms with Gasteiger partial charge in [0.25, 0.3) is 5.56 Å². The lowest BCUT2D eigenvalue weighted by atomic mass is 10.1. The minimum Gasteiger partial charge on any atom is -0.299 e. The molecule has 17 heavy (non-hydrogen) atoms. The van der Waals surface area contributed by atoms with Crippen molar-refractivity contribution >= 4 is 0 Å². The number of aromatic nitrogens is 2. The van der Waals surface area contributed by atoms with Gasteiger partial charge >= 0.3 is 0 Å². The second-order valence-corrected chi connectivity index (χ2v) is 4.45. The summed E-state index contributed by atoms with van der Waals surface area (Å²) in [7, 11) is 0. The van der Waals surface area contributed by atoms with E-state index in [1.807, 2.05) is 44.2 Å². The first-order valence-electron chi connectivity index (χ1n) is 6.04. The van der Waals surface area contributed by atoms with Gasteiger partial charge < -0.3 is 0 Å². The first-order valence-corrected chi connectivity index (χ1v) is 6.04. The molecule has 0 aliphatic rings. The zero-order valence-corrected chi connectivity index (χ0v) is 10.5. The van der Waals surface area contributed by atoms with Gasteiger partial charge in [0.05, 0.1) is 5.56 Å². The van der Waals surface area contributed by atoms with Gasteiger partial charge in [-0.15, -0.1) is 0 Å². The van der Waals surface area contributed by atoms with Gasteiger partial charge in [-0.1, -0.05) is 37.3 Å². The summed E-state index contributed by atoms with van der Waals surface area (Å²) in [5, 5.41) is 3.20. The van der Waals surface area contributed by atoms with E-state index >= 15 is 0 Å². The highest BCUT2D eigenvalue weighted by Crippen LogP contribution is 2.20. The molecule has 2 aromatic rings. The van der Waals surface area contributed by atoms with Gasteiger partial charge in [0.2, 0.25) is 0 Å². The Morgan fingerprint density at radius 3 is 2.41 bits per heavy atom. The van der Waals surface area contributed by atoms with E-state index in [0.29, 0.717) is 0 Å². The Bertz CT molecular complexity index is 549. The van der Waals surface area contributed by atoms with Crippen molar-refractivity contribution in [3.8, 4) is 11.1 Å². The largest absolute Gasteiger partial charge is 0.299 e. The molecular weight excluding hydrogens is 212 g/mol. The van der Waals surface area contributed by atoms with Crippen LogP contribution in [-0.2, 0) is 6.42 Å². The average molecular weight is 230 g/mol. The van der Waals surface area contributed by atoms with Gasteiger partial charge in [0.15, 0.2) is 0 Å². The second kappa shape index (κ2) is 4.62. The first-order chi connectivity index (χ1) is 8.15. The number of aryl methyl sites for hydroxylation is 1. The highest BCUT2D eigenvalue weighted by Gasteiger charge is 2.15. The number of rotatable bonds is 3. The van der Waals surface area contributed by atoms with Crippen LogP contribution in [0.1, 0.15) is 32.5 Å². The molecule has 0 spiro atoms. The zero-order chi connectivity index (χ0) is 12.4. The van der Waals surface area contributed by atoms with Crippen LogP contribution in [0.4, 0.5) is 0 Å². The topological polar surface area (TPSA) is 37.8 Å². The Morgan fingerprint density at radius 2 is 1.88 bits per heavy atom. The molecular formula is C14H18N2O. The number of H-pyrrole nitrogens is 1. The van der Waals surface area contributed by atoms with Crippen LogP contribution in [0.25, 0.3) is 11.1 Å². The van der Waals surface area contributed by atoms with E-state index in [9.17, 15) is 4.79 Å². The summed E-state index contributed by atoms with van der Waals surface area (Å²) in [6.45, 7) is 6.07. The molecule has 0 saturated carbocycles. The van der Waals surface area contributed by atoms with Crippen LogP contribution >= 0.6 is 0 Å². The third-order valence-corrected chi connectivity index (χ3v) is 2.92. The number of nitrogens with one attached hydrogen (secondary N) is 1. The molecule has 1 aromatic heterocycles. The number of hydrogen-bond acceptors (Lipinski definition) is 1. The van der Waals surface area contributed by atoms with Crippen molar-refractivity contribution < 1.29 is 0 Å². The van der Waals surface area contributed by atoms with Crippen molar-refractivity contribution in [2.45, 2.75) is 33.2 Å². The van der Waals surface area contributed by atoms with E-state index < -0.39 is 0 Å². The maximum atomic E-state index is 12.3. The van der Waals surface area contributed by atoms with Gasteiger partial charge in [-0.05, 0) is 25.8 Å². The Kier molecular flexibility index (Phi) is 3.18. The van der Waals surface area contributed by atoms with Crippen LogP contribution in [0, 0.1) is 0 Å². The highest BCUT2D eigenvalue weighted by atomic mass is 16.1. The van der Waals surface area contributed by atoms with Crippen LogP contribution in [0.3, 0.4) is 0 Å². The molecule has 0 aliphatic carbocycles. The second-order valence-electron chi connectivity index (χ2n) is 4.45. The van der Waals surface area contributed by atoms with Crippen LogP contribution in [0.5, 0.6) is 0 Å². The molecule has 90 valence electrons. The van der Waals surface area contributed by atoms with E-state index in [4.69, 9.17) is 0 Å². The monoisotopic (exact) mass is 230 g/mol. The maximum Gasteiger partial charge on any atom is 0.274 e. The molecule has 3 heteroatoms. The third-order valence-electron chi connectivity index (χ3n) is 2.92. The Morgan fingerprint density at radius 1 is 1.24 bits per heavy atom. The predicted octanol–water partition coefficient (Wildman–Crippen LogP) is 2.99. The lowest BCUT2D eigenvalue weighted by molar-refractivity contribution is 0.512. The summed E-state index contributed by atoms with van der Waals surface area (Å²) in [6.07, 6.45) is 0.833. The number of hydrogen-bond donors (Lipinski definition) is 1. The SMILES string of the molecule is CCc1[nH]n(C(C)C)c(=O)c1-c1ccccc1. The Balaban J connectivity index is 2.65. The molecule has 0 unspecified atom stereocenters. The molecule has 1 N–H and O–H groups in total. The normalized spacial score (nSPS) is 11.1. The summed E-state index contributed by atoms with van der Waals surface area (Å²) < 4.78 is 1.70. The van der Waals surface area contributed by atoms with Crippen molar-refractivity contribution in [1.29, 1.82) is 0 Å². The van der Waals surface area contributed by atoms with Crippen molar-refractivity contribution in [2.75, 3.05) is 0 Å². The van der Waals surface area contributed by atoms with Gasteiger partial charge in [-0.2, -0.15) is 0 Å². The number of nitrogens with zero attached hydrogens (tertiary/aromatic N) is 1. The van der Waals surface area contributed by atoms with E-state index in [-0.39, 0.29) is 11.6 Å². The van der Waals surface area contributed by atoms with Crippen LogP contribution in [-0.4, -0.2) is 9.78 Å². The summed E-state index contributed by atoms with van der Waals surface area (Å²) in [5.41, 5.74) is 2.88. The van der Waals surface area contributed by atoms with Gasteiger partial charge in [-0.3, -0.25) is 9.89 Å². The van der Waals surface area contributed by atoms with Crippen LogP contribution < -0.4 is 5.56 Å². The molecule has 0 atom stereocenters. The standard InChI is InChI=1S/C14H18N2O/c1-4-12-13(11-8-6-5-7-9-11)14(17)16(15-12)10(2)3/h5-10,15H,4H2,1-3H3. The lowest BCUT2D eigenvalue weighted by Gasteiger charge is -2.03. The van der Waals surface area contributed by atoms with Crippen molar-refractivity contribution in [1.82, 2.24) is 9.78 Å². The van der Waals surface area contributed by atoms with Crippen molar-refractivity contribution in [3.63, 3.8) is 0 Å². The Labute approximate surface area is 101 Å². The van der Waals surface area contributed by atoms with E-state index in [0.717, 1.165) is 23.2 Å². The first kappa shape index (κ1) is 11.7. The van der Waals surface area contributed by atoms with Crippen LogP contribution in [0.2, 0.25) is 0 Å². The average Bonchev–Trinajstić information content (AvgIpc) is 2.67. The van der Waals surface area contributed by atoms with Crippen molar-refractivity contribution in [2.24, 2.45) is 0 Å². The molecule has 0 fully saturated rings. The summed E-state index contributed by atoms with van der Waals surface area (Å²) in [6, 6.07) is 10.00. The summed E-state index contributed by atoms with van der Waals surface area (Å²) >= 11 is 0. The molecule has 0 saturated heterocycles. The number of aromatic amines is 1. The Hall–Kier alpha value is -1.77. The molecule has 0 bridgehead atoms. The number of benzene rings is 1. The van der Waals surface area contributed by atoms with Crippen LogP contribution in [0.15, 0.2) is 35.1 Å². The zero-order valence-electron chi connectivity index (χ0n) is 10.5. The van der Waals surface area contributed by atoms with Crippen molar-refractivity contribution in [3.05, 3.63) is 46.4 Å². The van der Waals surface area contributed by atoms with Gasteiger partial charge in [-0.25, -0.2) is 4.68 Å². The van der Waals surface area contributed by atoms with Gasteiger partial charge in [0.1, 0.15) is 0 Å². The fourth-order valence-electron chi connectivity index (χ4n) is 2.02. The summed E-state index contributed by atoms with van der Waals surface area (Å²) in [4.78, 5) is 12.3. The molecule has 1 heterocycles. The molecule has 0 aliphatic heterocycles.